The Balaban J connectivity index is 2.42. The van der Waals surface area contributed by atoms with Gasteiger partial charge in [0.05, 0.1) is 5.69 Å². The molecule has 0 fully saturated rings. The molecule has 88 valence electrons. The van der Waals surface area contributed by atoms with Crippen LogP contribution in [0.4, 0.5) is 0 Å². The quantitative estimate of drug-likeness (QED) is 0.809. The fourth-order valence-corrected chi connectivity index (χ4v) is 1.74. The molecule has 0 N–H and O–H groups in total. The van der Waals surface area contributed by atoms with Crippen molar-refractivity contribution in [1.82, 2.24) is 9.78 Å². The highest BCUT2D eigenvalue weighted by Gasteiger charge is 2.02. The zero-order valence-corrected chi connectivity index (χ0v) is 10.2. The molecule has 1 aromatic carbocycles. The number of hydrogen-bond donors (Lipinski definition) is 0. The summed E-state index contributed by atoms with van der Waals surface area (Å²) in [6, 6.07) is 11.6. The predicted octanol–water partition coefficient (Wildman–Crippen LogP) is 2.49. The molecule has 2 aromatic rings. The van der Waals surface area contributed by atoms with Gasteiger partial charge in [-0.05, 0) is 25.0 Å². The van der Waals surface area contributed by atoms with Crippen LogP contribution in [0.2, 0.25) is 0 Å². The summed E-state index contributed by atoms with van der Waals surface area (Å²) in [7, 11) is 0. The standard InChI is InChI=1S/C14H16N2O/c1-3-11-5-7-12(8-6-11)13-9-10-14(17)16(4-2)15-13/h5-10H,3-4H2,1-2H3. The number of hydrogen-bond acceptors (Lipinski definition) is 2. The van der Waals surface area contributed by atoms with Gasteiger partial charge in [0.2, 0.25) is 0 Å². The minimum Gasteiger partial charge on any atom is -0.268 e. The normalized spacial score (nSPS) is 10.5. The third-order valence-corrected chi connectivity index (χ3v) is 2.82. The van der Waals surface area contributed by atoms with Crippen molar-refractivity contribution in [2.24, 2.45) is 0 Å². The minimum atomic E-state index is -0.0542. The van der Waals surface area contributed by atoms with Gasteiger partial charge in [-0.3, -0.25) is 4.79 Å². The molecule has 17 heavy (non-hydrogen) atoms. The molecule has 0 saturated carbocycles. The second-order valence-electron chi connectivity index (χ2n) is 3.92. The summed E-state index contributed by atoms with van der Waals surface area (Å²) in [5.41, 5.74) is 3.14. The summed E-state index contributed by atoms with van der Waals surface area (Å²) in [5, 5.41) is 4.32. The Hall–Kier alpha value is -1.90. The average molecular weight is 228 g/mol. The lowest BCUT2D eigenvalue weighted by Crippen LogP contribution is -2.20. The van der Waals surface area contributed by atoms with E-state index in [2.05, 4.69) is 24.2 Å². The maximum absolute atomic E-state index is 11.4. The van der Waals surface area contributed by atoms with E-state index in [9.17, 15) is 4.79 Å². The van der Waals surface area contributed by atoms with Gasteiger partial charge in [0.1, 0.15) is 0 Å². The first-order valence-electron chi connectivity index (χ1n) is 5.92. The van der Waals surface area contributed by atoms with Gasteiger partial charge in [-0.2, -0.15) is 5.10 Å². The van der Waals surface area contributed by atoms with Gasteiger partial charge in [0, 0.05) is 18.2 Å². The maximum Gasteiger partial charge on any atom is 0.266 e. The first-order chi connectivity index (χ1) is 8.24. The molecular weight excluding hydrogens is 212 g/mol. The number of benzene rings is 1. The van der Waals surface area contributed by atoms with E-state index in [4.69, 9.17) is 0 Å². The molecule has 0 unspecified atom stereocenters. The Kier molecular flexibility index (Phi) is 3.38. The van der Waals surface area contributed by atoms with Crippen molar-refractivity contribution < 1.29 is 0 Å². The molecule has 0 aliphatic carbocycles. The van der Waals surface area contributed by atoms with Crippen LogP contribution >= 0.6 is 0 Å². The number of aryl methyl sites for hydroxylation is 2. The molecule has 0 atom stereocenters. The SMILES string of the molecule is CCc1ccc(-c2ccc(=O)n(CC)n2)cc1. The van der Waals surface area contributed by atoms with Gasteiger partial charge in [-0.15, -0.1) is 0 Å². The van der Waals surface area contributed by atoms with E-state index >= 15 is 0 Å². The molecule has 3 heteroatoms. The molecule has 0 aliphatic rings. The van der Waals surface area contributed by atoms with Gasteiger partial charge >= 0.3 is 0 Å². The zero-order valence-electron chi connectivity index (χ0n) is 10.2. The van der Waals surface area contributed by atoms with Gasteiger partial charge in [0.25, 0.3) is 5.56 Å². The number of rotatable bonds is 3. The van der Waals surface area contributed by atoms with E-state index in [0.717, 1.165) is 17.7 Å². The van der Waals surface area contributed by atoms with Crippen LogP contribution in [0.1, 0.15) is 19.4 Å². The van der Waals surface area contributed by atoms with Crippen molar-refractivity contribution in [2.75, 3.05) is 0 Å². The average Bonchev–Trinajstić information content (AvgIpc) is 2.39. The van der Waals surface area contributed by atoms with Crippen LogP contribution in [-0.4, -0.2) is 9.78 Å². The summed E-state index contributed by atoms with van der Waals surface area (Å²) in [4.78, 5) is 11.4. The first kappa shape index (κ1) is 11.6. The molecule has 0 amide bonds. The smallest absolute Gasteiger partial charge is 0.266 e. The molecule has 0 spiro atoms. The predicted molar refractivity (Wildman–Crippen MR) is 69.0 cm³/mol. The summed E-state index contributed by atoms with van der Waals surface area (Å²) in [6.07, 6.45) is 1.03. The monoisotopic (exact) mass is 228 g/mol. The maximum atomic E-state index is 11.4. The van der Waals surface area contributed by atoms with E-state index in [1.54, 1.807) is 12.1 Å². The third-order valence-electron chi connectivity index (χ3n) is 2.82. The van der Waals surface area contributed by atoms with Crippen LogP contribution < -0.4 is 5.56 Å². The molecule has 0 radical (unpaired) electrons. The zero-order chi connectivity index (χ0) is 12.3. The fraction of sp³-hybridized carbons (Fsp3) is 0.286. The van der Waals surface area contributed by atoms with Gasteiger partial charge < -0.3 is 0 Å². The molecule has 3 nitrogen and oxygen atoms in total. The second-order valence-corrected chi connectivity index (χ2v) is 3.92. The van der Waals surface area contributed by atoms with Crippen molar-refractivity contribution in [3.63, 3.8) is 0 Å². The van der Waals surface area contributed by atoms with Gasteiger partial charge in [-0.25, -0.2) is 4.68 Å². The number of aromatic nitrogens is 2. The highest BCUT2D eigenvalue weighted by atomic mass is 16.1. The molecular formula is C14H16N2O. The third kappa shape index (κ3) is 2.44. The molecule has 1 heterocycles. The van der Waals surface area contributed by atoms with Crippen molar-refractivity contribution >= 4 is 0 Å². The Morgan fingerprint density at radius 1 is 1.06 bits per heavy atom. The Morgan fingerprint density at radius 2 is 1.76 bits per heavy atom. The van der Waals surface area contributed by atoms with Gasteiger partial charge in [-0.1, -0.05) is 31.2 Å². The lowest BCUT2D eigenvalue weighted by molar-refractivity contribution is 0.619. The van der Waals surface area contributed by atoms with Crippen LogP contribution in [0, 0.1) is 0 Å². The van der Waals surface area contributed by atoms with E-state index < -0.39 is 0 Å². The Bertz CT molecular complexity index is 555. The fourth-order valence-electron chi connectivity index (χ4n) is 1.74. The molecule has 0 saturated heterocycles. The van der Waals surface area contributed by atoms with Crippen molar-refractivity contribution in [2.45, 2.75) is 26.8 Å². The Labute approximate surface area is 101 Å². The molecule has 1 aromatic heterocycles. The topological polar surface area (TPSA) is 34.9 Å². The summed E-state index contributed by atoms with van der Waals surface area (Å²) >= 11 is 0. The lowest BCUT2D eigenvalue weighted by atomic mass is 10.1. The highest BCUT2D eigenvalue weighted by Crippen LogP contribution is 2.16. The van der Waals surface area contributed by atoms with E-state index in [-0.39, 0.29) is 5.56 Å². The summed E-state index contributed by atoms with van der Waals surface area (Å²) in [6.45, 7) is 4.64. The summed E-state index contributed by atoms with van der Waals surface area (Å²) in [5.74, 6) is 0. The van der Waals surface area contributed by atoms with Crippen molar-refractivity contribution in [3.8, 4) is 11.3 Å². The van der Waals surface area contributed by atoms with Crippen LogP contribution in [0.25, 0.3) is 11.3 Å². The van der Waals surface area contributed by atoms with Crippen molar-refractivity contribution in [1.29, 1.82) is 0 Å². The van der Waals surface area contributed by atoms with Crippen molar-refractivity contribution in [3.05, 3.63) is 52.3 Å². The minimum absolute atomic E-state index is 0.0542. The molecule has 2 rings (SSSR count). The van der Waals surface area contributed by atoms with Crippen LogP contribution in [-0.2, 0) is 13.0 Å². The lowest BCUT2D eigenvalue weighted by Gasteiger charge is -2.05. The molecule has 0 aliphatic heterocycles. The first-order valence-corrected chi connectivity index (χ1v) is 5.92. The van der Waals surface area contributed by atoms with E-state index in [1.165, 1.54) is 10.2 Å². The van der Waals surface area contributed by atoms with Gasteiger partial charge in [0.15, 0.2) is 0 Å². The summed E-state index contributed by atoms with van der Waals surface area (Å²) < 4.78 is 1.48. The Morgan fingerprint density at radius 3 is 2.35 bits per heavy atom. The van der Waals surface area contributed by atoms with Crippen LogP contribution in [0.15, 0.2) is 41.2 Å². The number of nitrogens with zero attached hydrogens (tertiary/aromatic N) is 2. The van der Waals surface area contributed by atoms with E-state index in [1.807, 2.05) is 19.1 Å². The van der Waals surface area contributed by atoms with E-state index in [0.29, 0.717) is 6.54 Å². The second kappa shape index (κ2) is 4.95. The molecule has 0 bridgehead atoms. The largest absolute Gasteiger partial charge is 0.268 e. The van der Waals surface area contributed by atoms with Crippen LogP contribution in [0.3, 0.4) is 0 Å². The highest BCUT2D eigenvalue weighted by molar-refractivity contribution is 5.58. The van der Waals surface area contributed by atoms with Crippen LogP contribution in [0.5, 0.6) is 0 Å².